The van der Waals surface area contributed by atoms with Crippen molar-refractivity contribution in [3.8, 4) is 0 Å². The number of nitrogens with one attached hydrogen (secondary N) is 1. The van der Waals surface area contributed by atoms with Crippen molar-refractivity contribution in [1.29, 1.82) is 0 Å². The van der Waals surface area contributed by atoms with Gasteiger partial charge in [0, 0.05) is 12.7 Å². The first-order valence-electron chi connectivity index (χ1n) is 5.96. The molecule has 1 aliphatic rings. The van der Waals surface area contributed by atoms with Gasteiger partial charge in [0.05, 0.1) is 6.20 Å². The van der Waals surface area contributed by atoms with Crippen molar-refractivity contribution in [3.63, 3.8) is 0 Å². The van der Waals surface area contributed by atoms with Crippen LogP contribution in [0.3, 0.4) is 0 Å². The Balaban J connectivity index is 1.78. The first kappa shape index (κ1) is 10.7. The average molecular weight is 207 g/mol. The predicted octanol–water partition coefficient (Wildman–Crippen LogP) is 1.69. The molecule has 0 aromatic carbocycles. The number of nitrogens with zero attached hydrogens (tertiary/aromatic N) is 2. The van der Waals surface area contributed by atoms with E-state index in [2.05, 4.69) is 35.1 Å². The molecule has 1 fully saturated rings. The number of hydrogen-bond acceptors (Lipinski definition) is 2. The lowest BCUT2D eigenvalue weighted by Crippen LogP contribution is -2.42. The molecule has 0 saturated carbocycles. The van der Waals surface area contributed by atoms with Crippen LogP contribution in [-0.2, 0) is 13.0 Å². The zero-order chi connectivity index (χ0) is 10.7. The maximum atomic E-state index is 4.40. The molecule has 0 unspecified atom stereocenters. The smallest absolute Gasteiger partial charge is 0.0521 e. The molecule has 0 aliphatic carbocycles. The Bertz CT molecular complexity index is 300. The zero-order valence-electron chi connectivity index (χ0n) is 9.74. The normalized spacial score (nSPS) is 17.0. The van der Waals surface area contributed by atoms with Gasteiger partial charge >= 0.3 is 0 Å². The molecule has 84 valence electrons. The third-order valence-electron chi connectivity index (χ3n) is 2.96. The average Bonchev–Trinajstić information content (AvgIpc) is 2.48. The van der Waals surface area contributed by atoms with Crippen LogP contribution in [0.1, 0.15) is 25.8 Å². The Labute approximate surface area is 91.9 Å². The van der Waals surface area contributed by atoms with Gasteiger partial charge in [-0.2, -0.15) is 5.10 Å². The fourth-order valence-corrected chi connectivity index (χ4v) is 1.97. The number of hydrogen-bond donors (Lipinski definition) is 1. The molecule has 0 spiro atoms. The maximum absolute atomic E-state index is 4.40. The highest BCUT2D eigenvalue weighted by Gasteiger charge is 2.16. The second-order valence-corrected chi connectivity index (χ2v) is 5.02. The first-order valence-corrected chi connectivity index (χ1v) is 5.96. The molecule has 2 rings (SSSR count). The van der Waals surface area contributed by atoms with Gasteiger partial charge in [0.25, 0.3) is 0 Å². The van der Waals surface area contributed by atoms with E-state index in [1.54, 1.807) is 0 Å². The fraction of sp³-hybridized carbons (Fsp3) is 0.750. The quantitative estimate of drug-likeness (QED) is 0.796. The van der Waals surface area contributed by atoms with E-state index < -0.39 is 0 Å². The lowest BCUT2D eigenvalue weighted by Gasteiger charge is -2.26. The van der Waals surface area contributed by atoms with Crippen LogP contribution in [0.15, 0.2) is 12.4 Å². The highest BCUT2D eigenvalue weighted by atomic mass is 15.3. The Morgan fingerprint density at radius 2 is 2.33 bits per heavy atom. The second-order valence-electron chi connectivity index (χ2n) is 5.02. The largest absolute Gasteiger partial charge is 0.316 e. The van der Waals surface area contributed by atoms with E-state index >= 15 is 0 Å². The molecule has 1 aliphatic heterocycles. The van der Waals surface area contributed by atoms with Crippen LogP contribution in [0.4, 0.5) is 0 Å². The molecular formula is C12H21N3. The van der Waals surface area contributed by atoms with Gasteiger partial charge in [-0.3, -0.25) is 4.68 Å². The van der Waals surface area contributed by atoms with E-state index in [4.69, 9.17) is 0 Å². The molecule has 1 aromatic heterocycles. The third-order valence-corrected chi connectivity index (χ3v) is 2.96. The molecule has 0 atom stereocenters. The Morgan fingerprint density at radius 3 is 2.93 bits per heavy atom. The van der Waals surface area contributed by atoms with Crippen LogP contribution in [-0.4, -0.2) is 22.9 Å². The van der Waals surface area contributed by atoms with E-state index in [-0.39, 0.29) is 0 Å². The Kier molecular flexibility index (Phi) is 3.41. The second kappa shape index (κ2) is 4.79. The van der Waals surface area contributed by atoms with Gasteiger partial charge in [0.1, 0.15) is 0 Å². The highest BCUT2D eigenvalue weighted by molar-refractivity contribution is 5.04. The number of aromatic nitrogens is 2. The van der Waals surface area contributed by atoms with Crippen molar-refractivity contribution >= 4 is 0 Å². The maximum Gasteiger partial charge on any atom is 0.0521 e. The summed E-state index contributed by atoms with van der Waals surface area (Å²) in [6.45, 7) is 7.96. The van der Waals surface area contributed by atoms with Crippen molar-refractivity contribution < 1.29 is 0 Å². The molecule has 0 amide bonds. The summed E-state index contributed by atoms with van der Waals surface area (Å²) in [6.07, 6.45) is 6.62. The minimum atomic E-state index is 0.721. The SMILES string of the molecule is CC(C)Cc1cnn(CCC2CNC2)c1. The van der Waals surface area contributed by atoms with E-state index in [0.717, 1.165) is 24.8 Å². The fourth-order valence-electron chi connectivity index (χ4n) is 1.97. The Morgan fingerprint density at radius 1 is 1.53 bits per heavy atom. The molecule has 1 aromatic rings. The number of aryl methyl sites for hydroxylation is 1. The molecule has 3 nitrogen and oxygen atoms in total. The van der Waals surface area contributed by atoms with Gasteiger partial charge in [0.15, 0.2) is 0 Å². The van der Waals surface area contributed by atoms with E-state index in [0.29, 0.717) is 0 Å². The summed E-state index contributed by atoms with van der Waals surface area (Å²) in [4.78, 5) is 0. The zero-order valence-corrected chi connectivity index (χ0v) is 9.74. The van der Waals surface area contributed by atoms with Crippen molar-refractivity contribution in [2.45, 2.75) is 33.2 Å². The summed E-state index contributed by atoms with van der Waals surface area (Å²) in [7, 11) is 0. The van der Waals surface area contributed by atoms with Gasteiger partial charge in [0.2, 0.25) is 0 Å². The highest BCUT2D eigenvalue weighted by Crippen LogP contribution is 2.11. The molecule has 3 heteroatoms. The van der Waals surface area contributed by atoms with Crippen LogP contribution in [0, 0.1) is 11.8 Å². The number of rotatable bonds is 5. The van der Waals surface area contributed by atoms with Gasteiger partial charge in [-0.15, -0.1) is 0 Å². The molecule has 1 N–H and O–H groups in total. The summed E-state index contributed by atoms with van der Waals surface area (Å²) in [6, 6.07) is 0. The van der Waals surface area contributed by atoms with Crippen LogP contribution >= 0.6 is 0 Å². The van der Waals surface area contributed by atoms with Crippen molar-refractivity contribution in [1.82, 2.24) is 15.1 Å². The molecule has 2 heterocycles. The monoisotopic (exact) mass is 207 g/mol. The summed E-state index contributed by atoms with van der Waals surface area (Å²) in [5.41, 5.74) is 1.37. The van der Waals surface area contributed by atoms with Gasteiger partial charge in [-0.05, 0) is 43.3 Å². The summed E-state index contributed by atoms with van der Waals surface area (Å²) < 4.78 is 2.09. The molecule has 15 heavy (non-hydrogen) atoms. The van der Waals surface area contributed by atoms with Crippen LogP contribution < -0.4 is 5.32 Å². The van der Waals surface area contributed by atoms with Crippen LogP contribution in [0.25, 0.3) is 0 Å². The van der Waals surface area contributed by atoms with Gasteiger partial charge in [-0.25, -0.2) is 0 Å². The minimum absolute atomic E-state index is 0.721. The summed E-state index contributed by atoms with van der Waals surface area (Å²) in [5.74, 6) is 1.60. The van der Waals surface area contributed by atoms with E-state index in [1.165, 1.54) is 25.1 Å². The van der Waals surface area contributed by atoms with E-state index in [9.17, 15) is 0 Å². The van der Waals surface area contributed by atoms with Crippen molar-refractivity contribution in [3.05, 3.63) is 18.0 Å². The summed E-state index contributed by atoms with van der Waals surface area (Å²) in [5, 5.41) is 7.69. The molecule has 0 radical (unpaired) electrons. The third kappa shape index (κ3) is 3.06. The van der Waals surface area contributed by atoms with Crippen LogP contribution in [0.5, 0.6) is 0 Å². The molecular weight excluding hydrogens is 186 g/mol. The summed E-state index contributed by atoms with van der Waals surface area (Å²) >= 11 is 0. The van der Waals surface area contributed by atoms with Crippen molar-refractivity contribution in [2.24, 2.45) is 11.8 Å². The van der Waals surface area contributed by atoms with Crippen LogP contribution in [0.2, 0.25) is 0 Å². The van der Waals surface area contributed by atoms with E-state index in [1.807, 2.05) is 6.20 Å². The molecule has 0 bridgehead atoms. The van der Waals surface area contributed by atoms with Gasteiger partial charge in [-0.1, -0.05) is 13.8 Å². The lowest BCUT2D eigenvalue weighted by atomic mass is 10.00. The van der Waals surface area contributed by atoms with Crippen molar-refractivity contribution in [2.75, 3.05) is 13.1 Å². The lowest BCUT2D eigenvalue weighted by molar-refractivity contribution is 0.307. The minimum Gasteiger partial charge on any atom is -0.316 e. The Hall–Kier alpha value is -0.830. The standard InChI is InChI=1S/C12H21N3/c1-10(2)5-12-8-14-15(9-12)4-3-11-6-13-7-11/h8-11,13H,3-7H2,1-2H3. The topological polar surface area (TPSA) is 29.9 Å². The van der Waals surface area contributed by atoms with Gasteiger partial charge < -0.3 is 5.32 Å². The predicted molar refractivity (Wildman–Crippen MR) is 61.7 cm³/mol. The first-order chi connectivity index (χ1) is 7.24. The molecule has 1 saturated heterocycles.